The van der Waals surface area contributed by atoms with Crippen molar-refractivity contribution in [1.82, 2.24) is 9.88 Å². The number of aromatic nitrogens is 1. The third-order valence-electron chi connectivity index (χ3n) is 4.42. The number of benzene rings is 1. The molecule has 1 saturated carbocycles. The molecule has 6 heteroatoms. The molecule has 120 valence electrons. The Hall–Kier alpha value is -1.59. The minimum Gasteiger partial charge on any atom is -0.361 e. The van der Waals surface area contributed by atoms with Gasteiger partial charge < -0.3 is 10.2 Å². The monoisotopic (exact) mass is 347 g/mol. The number of thiazole rings is 1. The molecule has 1 amide bonds. The van der Waals surface area contributed by atoms with Crippen molar-refractivity contribution in [3.8, 4) is 11.3 Å². The summed E-state index contributed by atoms with van der Waals surface area (Å²) in [6.45, 7) is 1.68. The van der Waals surface area contributed by atoms with Crippen LogP contribution in [-0.2, 0) is 4.79 Å². The highest BCUT2D eigenvalue weighted by Gasteiger charge is 2.39. The maximum atomic E-state index is 12.0. The molecule has 2 aliphatic rings. The highest BCUT2D eigenvalue weighted by atomic mass is 35.5. The van der Waals surface area contributed by atoms with Gasteiger partial charge in [-0.2, -0.15) is 0 Å². The van der Waals surface area contributed by atoms with Gasteiger partial charge in [0.2, 0.25) is 5.91 Å². The largest absolute Gasteiger partial charge is 0.361 e. The van der Waals surface area contributed by atoms with Gasteiger partial charge in [-0.05, 0) is 18.9 Å². The van der Waals surface area contributed by atoms with Crippen LogP contribution in [0.25, 0.3) is 11.3 Å². The standard InChI is InChI=1S/C17H18ClN3OS/c18-14-4-2-1-3-13(14)15-10-23-17(20-15)19-8-11-7-16(22)21(9-11)12-5-6-12/h1-4,10-12H,5-9H2,(H,19,20). The second kappa shape index (κ2) is 6.13. The lowest BCUT2D eigenvalue weighted by Gasteiger charge is -2.15. The summed E-state index contributed by atoms with van der Waals surface area (Å²) in [6, 6.07) is 8.26. The first-order valence-electron chi connectivity index (χ1n) is 7.94. The fraction of sp³-hybridized carbons (Fsp3) is 0.412. The topological polar surface area (TPSA) is 45.2 Å². The van der Waals surface area contributed by atoms with Gasteiger partial charge >= 0.3 is 0 Å². The van der Waals surface area contributed by atoms with E-state index in [9.17, 15) is 4.79 Å². The SMILES string of the molecule is O=C1CC(CNc2nc(-c3ccccc3Cl)cs2)CN1C1CC1. The van der Waals surface area contributed by atoms with Gasteiger partial charge in [-0.15, -0.1) is 11.3 Å². The average molecular weight is 348 g/mol. The zero-order chi connectivity index (χ0) is 15.8. The Morgan fingerprint density at radius 3 is 2.96 bits per heavy atom. The summed E-state index contributed by atoms with van der Waals surface area (Å²) in [4.78, 5) is 18.6. The summed E-state index contributed by atoms with van der Waals surface area (Å²) in [5, 5.41) is 7.00. The van der Waals surface area contributed by atoms with Crippen molar-refractivity contribution in [2.75, 3.05) is 18.4 Å². The van der Waals surface area contributed by atoms with E-state index in [1.165, 1.54) is 12.8 Å². The third kappa shape index (κ3) is 3.21. The number of hydrogen-bond donors (Lipinski definition) is 1. The number of carbonyl (C=O) groups is 1. The lowest BCUT2D eigenvalue weighted by Crippen LogP contribution is -2.28. The molecular formula is C17H18ClN3OS. The fourth-order valence-electron chi connectivity index (χ4n) is 3.06. The number of amides is 1. The van der Waals surface area contributed by atoms with Gasteiger partial charge in [-0.3, -0.25) is 4.79 Å². The van der Waals surface area contributed by atoms with Gasteiger partial charge in [0.15, 0.2) is 5.13 Å². The van der Waals surface area contributed by atoms with Crippen molar-refractivity contribution in [2.45, 2.75) is 25.3 Å². The number of carbonyl (C=O) groups excluding carboxylic acids is 1. The summed E-state index contributed by atoms with van der Waals surface area (Å²) >= 11 is 7.79. The van der Waals surface area contributed by atoms with E-state index < -0.39 is 0 Å². The zero-order valence-corrected chi connectivity index (χ0v) is 14.2. The van der Waals surface area contributed by atoms with Crippen LogP contribution in [0.3, 0.4) is 0 Å². The van der Waals surface area contributed by atoms with E-state index in [2.05, 4.69) is 15.2 Å². The lowest BCUT2D eigenvalue weighted by molar-refractivity contribution is -0.128. The molecule has 1 aliphatic carbocycles. The summed E-state index contributed by atoms with van der Waals surface area (Å²) in [6.07, 6.45) is 3.02. The highest BCUT2D eigenvalue weighted by Crippen LogP contribution is 2.33. The van der Waals surface area contributed by atoms with Crippen molar-refractivity contribution in [2.24, 2.45) is 5.92 Å². The number of halogens is 1. The van der Waals surface area contributed by atoms with Crippen molar-refractivity contribution < 1.29 is 4.79 Å². The molecule has 23 heavy (non-hydrogen) atoms. The molecule has 4 nitrogen and oxygen atoms in total. The van der Waals surface area contributed by atoms with Crippen LogP contribution < -0.4 is 5.32 Å². The van der Waals surface area contributed by atoms with Gasteiger partial charge in [-0.25, -0.2) is 4.98 Å². The molecule has 1 aromatic heterocycles. The molecule has 2 heterocycles. The van der Waals surface area contributed by atoms with E-state index in [1.807, 2.05) is 29.6 Å². The van der Waals surface area contributed by atoms with Gasteiger partial charge in [0.05, 0.1) is 5.69 Å². The van der Waals surface area contributed by atoms with Crippen LogP contribution in [0, 0.1) is 5.92 Å². The normalized spacial score (nSPS) is 21.0. The summed E-state index contributed by atoms with van der Waals surface area (Å²) in [5.41, 5.74) is 1.85. The van der Waals surface area contributed by atoms with Crippen LogP contribution in [0.1, 0.15) is 19.3 Å². The Bertz CT molecular complexity index is 728. The molecule has 1 atom stereocenters. The third-order valence-corrected chi connectivity index (χ3v) is 5.55. The van der Waals surface area contributed by atoms with Crippen LogP contribution in [0.15, 0.2) is 29.6 Å². The van der Waals surface area contributed by atoms with Gasteiger partial charge in [0.25, 0.3) is 0 Å². The van der Waals surface area contributed by atoms with Crippen molar-refractivity contribution >= 4 is 34.0 Å². The number of nitrogens with one attached hydrogen (secondary N) is 1. The van der Waals surface area contributed by atoms with Crippen LogP contribution in [0.2, 0.25) is 5.02 Å². The van der Waals surface area contributed by atoms with Crippen molar-refractivity contribution in [1.29, 1.82) is 0 Å². The van der Waals surface area contributed by atoms with E-state index in [4.69, 9.17) is 11.6 Å². The molecule has 0 spiro atoms. The molecule has 4 rings (SSSR count). The second-order valence-electron chi connectivity index (χ2n) is 6.25. The van der Waals surface area contributed by atoms with Crippen LogP contribution >= 0.6 is 22.9 Å². The van der Waals surface area contributed by atoms with E-state index in [0.717, 1.165) is 29.5 Å². The van der Waals surface area contributed by atoms with Crippen LogP contribution in [0.5, 0.6) is 0 Å². The first-order chi connectivity index (χ1) is 11.2. The molecule has 1 unspecified atom stereocenters. The lowest BCUT2D eigenvalue weighted by atomic mass is 10.1. The van der Waals surface area contributed by atoms with Gasteiger partial charge in [0, 0.05) is 47.4 Å². The van der Waals surface area contributed by atoms with Crippen LogP contribution in [-0.4, -0.2) is 34.9 Å². The second-order valence-corrected chi connectivity index (χ2v) is 7.51. The first kappa shape index (κ1) is 15.0. The Morgan fingerprint density at radius 1 is 1.35 bits per heavy atom. The predicted molar refractivity (Wildman–Crippen MR) is 93.9 cm³/mol. The first-order valence-corrected chi connectivity index (χ1v) is 9.20. The van der Waals surface area contributed by atoms with E-state index in [-0.39, 0.29) is 0 Å². The molecule has 2 fully saturated rings. The minimum atomic E-state index is 0.315. The molecule has 1 aliphatic heterocycles. The Kier molecular flexibility index (Phi) is 3.99. The van der Waals surface area contributed by atoms with Crippen molar-refractivity contribution in [3.05, 3.63) is 34.7 Å². The Labute approximate surface area is 144 Å². The van der Waals surface area contributed by atoms with Gasteiger partial charge in [-0.1, -0.05) is 29.8 Å². The summed E-state index contributed by atoms with van der Waals surface area (Å²) < 4.78 is 0. The maximum absolute atomic E-state index is 12.0. The molecule has 2 aromatic rings. The van der Waals surface area contributed by atoms with E-state index in [1.54, 1.807) is 11.3 Å². The molecular weight excluding hydrogens is 330 g/mol. The number of nitrogens with zero attached hydrogens (tertiary/aromatic N) is 2. The van der Waals surface area contributed by atoms with Gasteiger partial charge in [0.1, 0.15) is 0 Å². The summed E-state index contributed by atoms with van der Waals surface area (Å²) in [7, 11) is 0. The Morgan fingerprint density at radius 2 is 2.17 bits per heavy atom. The highest BCUT2D eigenvalue weighted by molar-refractivity contribution is 7.14. The van der Waals surface area contributed by atoms with Crippen LogP contribution in [0.4, 0.5) is 5.13 Å². The minimum absolute atomic E-state index is 0.315. The predicted octanol–water partition coefficient (Wildman–Crippen LogP) is 3.89. The number of hydrogen-bond acceptors (Lipinski definition) is 4. The average Bonchev–Trinajstić information content (AvgIpc) is 3.16. The molecule has 1 saturated heterocycles. The number of rotatable bonds is 5. The summed E-state index contributed by atoms with van der Waals surface area (Å²) in [5.74, 6) is 0.700. The Balaban J connectivity index is 1.37. The molecule has 0 radical (unpaired) electrons. The quantitative estimate of drug-likeness (QED) is 0.892. The van der Waals surface area contributed by atoms with Crippen molar-refractivity contribution in [3.63, 3.8) is 0 Å². The fourth-order valence-corrected chi connectivity index (χ4v) is 4.02. The molecule has 0 bridgehead atoms. The zero-order valence-electron chi connectivity index (χ0n) is 12.7. The van der Waals surface area contributed by atoms with E-state index in [0.29, 0.717) is 29.3 Å². The molecule has 1 aromatic carbocycles. The molecule has 1 N–H and O–H groups in total. The number of likely N-dealkylation sites (tertiary alicyclic amines) is 1. The maximum Gasteiger partial charge on any atom is 0.223 e. The van der Waals surface area contributed by atoms with E-state index >= 15 is 0 Å². The number of anilines is 1. The smallest absolute Gasteiger partial charge is 0.223 e.